The molecule has 2 aromatic heterocycles. The zero-order valence-corrected chi connectivity index (χ0v) is 12.4. The highest BCUT2D eigenvalue weighted by atomic mass is 127. The van der Waals surface area contributed by atoms with Gasteiger partial charge in [0, 0.05) is 0 Å². The summed E-state index contributed by atoms with van der Waals surface area (Å²) < 4.78 is 1.35. The SMILES string of the molecule is CC#CC(=O)c1cccs1.Ic1cccs1. The lowest BCUT2D eigenvalue weighted by atomic mass is 10.3. The molecule has 0 aliphatic heterocycles. The van der Waals surface area contributed by atoms with Gasteiger partial charge in [0.15, 0.2) is 0 Å². The Labute approximate surface area is 117 Å². The first-order valence-corrected chi connectivity index (χ1v) is 7.27. The van der Waals surface area contributed by atoms with Crippen LogP contribution < -0.4 is 0 Å². The van der Waals surface area contributed by atoms with E-state index in [-0.39, 0.29) is 5.78 Å². The molecule has 0 radical (unpaired) electrons. The van der Waals surface area contributed by atoms with E-state index < -0.39 is 0 Å². The third-order valence-electron chi connectivity index (χ3n) is 1.47. The van der Waals surface area contributed by atoms with Crippen LogP contribution in [0.3, 0.4) is 0 Å². The fourth-order valence-corrected chi connectivity index (χ4v) is 2.55. The number of hydrogen-bond acceptors (Lipinski definition) is 3. The monoisotopic (exact) mass is 360 g/mol. The molecule has 2 rings (SSSR count). The maximum absolute atomic E-state index is 10.9. The molecule has 0 saturated carbocycles. The summed E-state index contributed by atoms with van der Waals surface area (Å²) >= 11 is 5.48. The summed E-state index contributed by atoms with van der Waals surface area (Å²) in [5, 5.41) is 3.94. The van der Waals surface area contributed by atoms with Crippen molar-refractivity contribution in [2.24, 2.45) is 0 Å². The van der Waals surface area contributed by atoms with Crippen molar-refractivity contribution in [3.05, 3.63) is 42.8 Å². The van der Waals surface area contributed by atoms with Crippen molar-refractivity contribution in [2.45, 2.75) is 6.92 Å². The standard InChI is InChI=1S/C8H6OS.C4H3IS/c1-2-4-7(9)8-5-3-6-10-8;5-4-2-1-3-6-4/h3,5-6H,1H3;1-3H. The van der Waals surface area contributed by atoms with Crippen LogP contribution in [0.2, 0.25) is 0 Å². The van der Waals surface area contributed by atoms with Crippen molar-refractivity contribution in [1.82, 2.24) is 0 Å². The number of thiophene rings is 2. The van der Waals surface area contributed by atoms with Crippen LogP contribution in [-0.2, 0) is 0 Å². The van der Waals surface area contributed by atoms with E-state index in [2.05, 4.69) is 45.9 Å². The van der Waals surface area contributed by atoms with E-state index in [9.17, 15) is 4.79 Å². The molecule has 0 aliphatic carbocycles. The van der Waals surface area contributed by atoms with Crippen molar-refractivity contribution in [3.63, 3.8) is 0 Å². The molecule has 0 spiro atoms. The third-order valence-corrected chi connectivity index (χ3v) is 4.12. The summed E-state index contributed by atoms with van der Waals surface area (Å²) in [6, 6.07) is 7.75. The van der Waals surface area contributed by atoms with Crippen molar-refractivity contribution < 1.29 is 4.79 Å². The molecular weight excluding hydrogens is 351 g/mol. The largest absolute Gasteiger partial charge is 0.278 e. The molecule has 0 N–H and O–H groups in total. The van der Waals surface area contributed by atoms with Crippen molar-refractivity contribution >= 4 is 51.0 Å². The minimum absolute atomic E-state index is 0.0856. The predicted octanol–water partition coefficient (Wildman–Crippen LogP) is 4.31. The fourth-order valence-electron chi connectivity index (χ4n) is 0.841. The Bertz CT molecular complexity index is 475. The molecule has 0 aromatic carbocycles. The molecule has 0 bridgehead atoms. The van der Waals surface area contributed by atoms with Crippen molar-refractivity contribution in [3.8, 4) is 11.8 Å². The van der Waals surface area contributed by atoms with Crippen LogP contribution in [0.4, 0.5) is 0 Å². The average molecular weight is 360 g/mol. The van der Waals surface area contributed by atoms with Gasteiger partial charge >= 0.3 is 0 Å². The number of halogens is 1. The van der Waals surface area contributed by atoms with Gasteiger partial charge in [-0.2, -0.15) is 0 Å². The van der Waals surface area contributed by atoms with Crippen LogP contribution in [0.15, 0.2) is 35.0 Å². The molecule has 2 heterocycles. The quantitative estimate of drug-likeness (QED) is 0.321. The van der Waals surface area contributed by atoms with E-state index in [1.165, 1.54) is 14.2 Å². The lowest BCUT2D eigenvalue weighted by Gasteiger charge is -1.80. The molecule has 0 saturated heterocycles. The highest BCUT2D eigenvalue weighted by Gasteiger charge is 1.99. The second-order valence-electron chi connectivity index (χ2n) is 2.60. The summed E-state index contributed by atoms with van der Waals surface area (Å²) in [6.45, 7) is 1.66. The van der Waals surface area contributed by atoms with E-state index in [0.29, 0.717) is 4.88 Å². The number of carbonyl (C=O) groups is 1. The lowest BCUT2D eigenvalue weighted by Crippen LogP contribution is -1.88. The van der Waals surface area contributed by atoms with E-state index in [1.54, 1.807) is 24.3 Å². The third kappa shape index (κ3) is 4.92. The van der Waals surface area contributed by atoms with Gasteiger partial charge in [0.1, 0.15) is 0 Å². The molecule has 0 aliphatic rings. The van der Waals surface area contributed by atoms with Gasteiger partial charge in [-0.05, 0) is 58.3 Å². The highest BCUT2D eigenvalue weighted by molar-refractivity contribution is 14.1. The van der Waals surface area contributed by atoms with Gasteiger partial charge < -0.3 is 0 Å². The van der Waals surface area contributed by atoms with Crippen molar-refractivity contribution in [1.29, 1.82) is 0 Å². The van der Waals surface area contributed by atoms with Gasteiger partial charge in [-0.15, -0.1) is 22.7 Å². The van der Waals surface area contributed by atoms with E-state index in [0.717, 1.165) is 0 Å². The van der Waals surface area contributed by atoms with Crippen molar-refractivity contribution in [2.75, 3.05) is 0 Å². The average Bonchev–Trinajstić information content (AvgIpc) is 2.90. The first-order chi connectivity index (χ1) is 7.74. The van der Waals surface area contributed by atoms with Crippen LogP contribution in [0.5, 0.6) is 0 Å². The molecule has 0 unspecified atom stereocenters. The van der Waals surface area contributed by atoms with Gasteiger partial charge in [-0.1, -0.05) is 18.1 Å². The summed E-state index contributed by atoms with van der Waals surface area (Å²) in [6.07, 6.45) is 0. The van der Waals surface area contributed by atoms with Crippen LogP contribution in [0, 0.1) is 14.7 Å². The fraction of sp³-hybridized carbons (Fsp3) is 0.0833. The Morgan fingerprint density at radius 1 is 1.25 bits per heavy atom. The predicted molar refractivity (Wildman–Crippen MR) is 79.1 cm³/mol. The molecule has 4 heteroatoms. The molecular formula is C12H9IOS2. The Morgan fingerprint density at radius 2 is 1.94 bits per heavy atom. The Morgan fingerprint density at radius 3 is 2.31 bits per heavy atom. The second kappa shape index (κ2) is 7.60. The second-order valence-corrected chi connectivity index (χ2v) is 6.39. The number of ketones is 1. The minimum atomic E-state index is -0.0856. The summed E-state index contributed by atoms with van der Waals surface area (Å²) in [5.74, 6) is 4.95. The van der Waals surface area contributed by atoms with Gasteiger partial charge in [0.25, 0.3) is 0 Å². The summed E-state index contributed by atoms with van der Waals surface area (Å²) in [5.41, 5.74) is 0. The lowest BCUT2D eigenvalue weighted by molar-refractivity contribution is 0.106. The Kier molecular flexibility index (Phi) is 6.38. The summed E-state index contributed by atoms with van der Waals surface area (Å²) in [7, 11) is 0. The Hall–Kier alpha value is -0.640. The van der Waals surface area contributed by atoms with Crippen LogP contribution in [0.1, 0.15) is 16.6 Å². The van der Waals surface area contributed by atoms with Gasteiger partial charge in [0.05, 0.1) is 7.76 Å². The Balaban J connectivity index is 0.000000181. The molecule has 82 valence electrons. The van der Waals surface area contributed by atoms with Gasteiger partial charge in [-0.3, -0.25) is 4.79 Å². The van der Waals surface area contributed by atoms with E-state index >= 15 is 0 Å². The summed E-state index contributed by atoms with van der Waals surface area (Å²) in [4.78, 5) is 11.7. The maximum Gasteiger partial charge on any atom is 0.245 e. The van der Waals surface area contributed by atoms with Crippen LogP contribution in [0.25, 0.3) is 0 Å². The molecule has 1 nitrogen and oxygen atoms in total. The molecule has 0 amide bonds. The molecule has 2 aromatic rings. The number of Topliss-reactive ketones (excluding diaryl/α,β-unsaturated/α-hetero) is 1. The molecule has 0 atom stereocenters. The van der Waals surface area contributed by atoms with Gasteiger partial charge in [-0.25, -0.2) is 0 Å². The first kappa shape index (κ1) is 13.4. The first-order valence-electron chi connectivity index (χ1n) is 4.43. The smallest absolute Gasteiger partial charge is 0.245 e. The highest BCUT2D eigenvalue weighted by Crippen LogP contribution is 2.09. The number of hydrogen-bond donors (Lipinski definition) is 0. The van der Waals surface area contributed by atoms with Crippen LogP contribution >= 0.6 is 45.3 Å². The van der Waals surface area contributed by atoms with E-state index in [1.807, 2.05) is 17.5 Å². The molecule has 0 fully saturated rings. The normalized spacial score (nSPS) is 8.38. The number of carbonyl (C=O) groups excluding carboxylic acids is 1. The molecule has 16 heavy (non-hydrogen) atoms. The van der Waals surface area contributed by atoms with E-state index in [4.69, 9.17) is 0 Å². The topological polar surface area (TPSA) is 17.1 Å². The number of rotatable bonds is 1. The van der Waals surface area contributed by atoms with Crippen LogP contribution in [-0.4, -0.2) is 5.78 Å². The zero-order chi connectivity index (χ0) is 11.8. The maximum atomic E-state index is 10.9. The van der Waals surface area contributed by atoms with Gasteiger partial charge in [0.2, 0.25) is 5.78 Å². The minimum Gasteiger partial charge on any atom is -0.278 e. The zero-order valence-electron chi connectivity index (χ0n) is 8.57.